The van der Waals surface area contributed by atoms with E-state index in [1.807, 2.05) is 19.1 Å². The number of ether oxygens (including phenoxy) is 1. The number of rotatable bonds is 6. The number of hydrogen-bond donors (Lipinski definition) is 2. The van der Waals surface area contributed by atoms with E-state index < -0.39 is 29.6 Å². The fourth-order valence-corrected chi connectivity index (χ4v) is 6.78. The van der Waals surface area contributed by atoms with Crippen LogP contribution < -0.4 is 10.6 Å². The monoisotopic (exact) mass is 499 g/mol. The molecule has 3 aliphatic heterocycles. The predicted octanol–water partition coefficient (Wildman–Crippen LogP) is 3.78. The van der Waals surface area contributed by atoms with Crippen molar-refractivity contribution in [3.8, 4) is 0 Å². The first-order valence-electron chi connectivity index (χ1n) is 12.8. The van der Waals surface area contributed by atoms with E-state index >= 15 is 0 Å². The third-order valence-electron chi connectivity index (χ3n) is 8.52. The second-order valence-electron chi connectivity index (χ2n) is 10.6. The van der Waals surface area contributed by atoms with Gasteiger partial charge in [-0.25, -0.2) is 0 Å². The summed E-state index contributed by atoms with van der Waals surface area (Å²) in [7, 11) is 0. The number of carbonyl (C=O) groups excluding carboxylic acids is 3. The predicted molar refractivity (Wildman–Crippen MR) is 134 cm³/mol. The molecule has 8 atom stereocenters. The number of nitrogens with one attached hydrogen (secondary N) is 2. The number of fused-ring (bicyclic) bond motifs is 1. The van der Waals surface area contributed by atoms with Gasteiger partial charge in [0.1, 0.15) is 11.6 Å². The van der Waals surface area contributed by atoms with E-state index in [1.165, 1.54) is 6.42 Å². The zero-order valence-electron chi connectivity index (χ0n) is 20.5. The quantitative estimate of drug-likeness (QED) is 0.583. The first kappa shape index (κ1) is 24.3. The summed E-state index contributed by atoms with van der Waals surface area (Å²) in [5, 5.41) is 6.68. The molecule has 3 amide bonds. The largest absolute Gasteiger partial charge is 0.359 e. The number of halogens is 1. The van der Waals surface area contributed by atoms with Crippen LogP contribution in [0.5, 0.6) is 0 Å². The third-order valence-corrected chi connectivity index (χ3v) is 8.75. The first-order valence-corrected chi connectivity index (χ1v) is 13.2. The summed E-state index contributed by atoms with van der Waals surface area (Å²) < 4.78 is 6.38. The van der Waals surface area contributed by atoms with Gasteiger partial charge in [-0.3, -0.25) is 14.4 Å². The van der Waals surface area contributed by atoms with E-state index in [0.29, 0.717) is 35.5 Å². The maximum Gasteiger partial charge on any atom is 0.246 e. The topological polar surface area (TPSA) is 87.7 Å². The number of hydrogen-bond acceptors (Lipinski definition) is 4. The van der Waals surface area contributed by atoms with Crippen molar-refractivity contribution >= 4 is 35.0 Å². The van der Waals surface area contributed by atoms with Crippen molar-refractivity contribution in [2.75, 3.05) is 11.9 Å². The minimum atomic E-state index is -1.12. The molecular weight excluding hydrogens is 466 g/mol. The van der Waals surface area contributed by atoms with Gasteiger partial charge in [0, 0.05) is 23.3 Å². The fraction of sp³-hybridized carbons (Fsp3) is 0.593. The average molecular weight is 500 g/mol. The molecule has 7 nitrogen and oxygen atoms in total. The highest BCUT2D eigenvalue weighted by atomic mass is 35.5. The maximum atomic E-state index is 13.8. The van der Waals surface area contributed by atoms with Crippen LogP contribution in [-0.4, -0.2) is 53.0 Å². The summed E-state index contributed by atoms with van der Waals surface area (Å²) in [6.45, 7) is 6.84. The van der Waals surface area contributed by atoms with E-state index in [-0.39, 0.29) is 23.8 Å². The van der Waals surface area contributed by atoms with Crippen molar-refractivity contribution in [1.82, 2.24) is 10.2 Å². The van der Waals surface area contributed by atoms with Crippen molar-refractivity contribution in [3.63, 3.8) is 0 Å². The molecule has 0 aromatic heterocycles. The van der Waals surface area contributed by atoms with E-state index in [0.717, 1.165) is 12.8 Å². The molecule has 188 valence electrons. The maximum absolute atomic E-state index is 13.8. The van der Waals surface area contributed by atoms with E-state index in [4.69, 9.17) is 16.3 Å². The molecule has 1 aromatic rings. The molecule has 2 bridgehead atoms. The molecule has 2 saturated heterocycles. The van der Waals surface area contributed by atoms with Crippen LogP contribution in [0, 0.1) is 23.7 Å². The highest BCUT2D eigenvalue weighted by molar-refractivity contribution is 6.30. The van der Waals surface area contributed by atoms with Crippen LogP contribution in [0.3, 0.4) is 0 Å². The molecule has 8 heteroatoms. The van der Waals surface area contributed by atoms with Gasteiger partial charge in [0.05, 0.1) is 17.9 Å². The van der Waals surface area contributed by atoms with Crippen molar-refractivity contribution in [2.24, 2.45) is 23.7 Å². The summed E-state index contributed by atoms with van der Waals surface area (Å²) in [6.07, 6.45) is 7.05. The lowest BCUT2D eigenvalue weighted by Gasteiger charge is -2.38. The molecule has 0 radical (unpaired) electrons. The summed E-state index contributed by atoms with van der Waals surface area (Å²) in [5.74, 6) is -1.20. The van der Waals surface area contributed by atoms with Crippen molar-refractivity contribution in [1.29, 1.82) is 0 Å². The minimum absolute atomic E-state index is 0.0739. The second-order valence-corrected chi connectivity index (χ2v) is 11.1. The molecule has 35 heavy (non-hydrogen) atoms. The number of nitrogens with zero attached hydrogens (tertiary/aromatic N) is 1. The van der Waals surface area contributed by atoms with Crippen LogP contribution in [0.25, 0.3) is 0 Å². The Morgan fingerprint density at radius 2 is 2.03 bits per heavy atom. The van der Waals surface area contributed by atoms with Crippen LogP contribution in [0.1, 0.15) is 46.5 Å². The van der Waals surface area contributed by atoms with Crippen LogP contribution in [0.15, 0.2) is 36.4 Å². The molecule has 1 aliphatic carbocycles. The standard InChI is InChI=1S/C27H34ClN3O4/c1-4-13-31-23(25(33)30-19-10-5-7-15(2)16(19)3)27-12-11-20(35-27)21(22(27)26(31)34)24(32)29-18-9-6-8-17(28)14-18/h6,8-9,11-12,14-16,19-23H,4-5,7,10,13H2,1-3H3,(H,29,32)(H,30,33)/t15?,16?,19?,20-,21?,22-,23?,27?/m0/s1. The van der Waals surface area contributed by atoms with Crippen LogP contribution in [0.2, 0.25) is 5.02 Å². The molecule has 4 aliphatic rings. The summed E-state index contributed by atoms with van der Waals surface area (Å²) in [5.41, 5.74) is -0.560. The van der Waals surface area contributed by atoms with E-state index in [9.17, 15) is 14.4 Å². The van der Waals surface area contributed by atoms with Crippen molar-refractivity contribution < 1.29 is 19.1 Å². The smallest absolute Gasteiger partial charge is 0.246 e. The number of carbonyl (C=O) groups is 3. The lowest BCUT2D eigenvalue weighted by Crippen LogP contribution is -2.57. The van der Waals surface area contributed by atoms with E-state index in [2.05, 4.69) is 24.5 Å². The molecule has 3 heterocycles. The molecule has 1 spiro atoms. The number of amides is 3. The minimum Gasteiger partial charge on any atom is -0.359 e. The molecule has 2 N–H and O–H groups in total. The van der Waals surface area contributed by atoms with Crippen LogP contribution in [0.4, 0.5) is 5.69 Å². The molecule has 6 unspecified atom stereocenters. The lowest BCUT2D eigenvalue weighted by molar-refractivity contribution is -0.141. The van der Waals surface area contributed by atoms with Gasteiger partial charge in [-0.2, -0.15) is 0 Å². The average Bonchev–Trinajstić information content (AvgIpc) is 3.45. The number of anilines is 1. The lowest BCUT2D eigenvalue weighted by atomic mass is 9.73. The molecule has 3 fully saturated rings. The molecule has 5 rings (SSSR count). The second kappa shape index (κ2) is 9.25. The van der Waals surface area contributed by atoms with E-state index in [1.54, 1.807) is 29.2 Å². The third kappa shape index (κ3) is 3.97. The Morgan fingerprint density at radius 3 is 2.77 bits per heavy atom. The van der Waals surface area contributed by atoms with Crippen molar-refractivity contribution in [2.45, 2.75) is 70.2 Å². The van der Waals surface area contributed by atoms with Crippen molar-refractivity contribution in [3.05, 3.63) is 41.4 Å². The fourth-order valence-electron chi connectivity index (χ4n) is 6.59. The van der Waals surface area contributed by atoms with Gasteiger partial charge in [0.15, 0.2) is 0 Å². The van der Waals surface area contributed by atoms with Gasteiger partial charge in [-0.1, -0.05) is 63.4 Å². The van der Waals surface area contributed by atoms with Gasteiger partial charge in [-0.05, 0) is 42.9 Å². The summed E-state index contributed by atoms with van der Waals surface area (Å²) in [6, 6.07) is 6.20. The Kier molecular flexibility index (Phi) is 6.43. The van der Waals surface area contributed by atoms with Gasteiger partial charge in [0.25, 0.3) is 0 Å². The number of likely N-dealkylation sites (tertiary alicyclic amines) is 1. The Hall–Kier alpha value is -2.38. The molecular formula is C27H34ClN3O4. The Morgan fingerprint density at radius 1 is 1.23 bits per heavy atom. The Balaban J connectivity index is 1.42. The Bertz CT molecular complexity index is 1060. The highest BCUT2D eigenvalue weighted by Gasteiger charge is 2.72. The van der Waals surface area contributed by atoms with Gasteiger partial charge >= 0.3 is 0 Å². The first-order chi connectivity index (χ1) is 16.8. The summed E-state index contributed by atoms with van der Waals surface area (Å²) in [4.78, 5) is 42.6. The van der Waals surface area contributed by atoms with Gasteiger partial charge in [0.2, 0.25) is 17.7 Å². The van der Waals surface area contributed by atoms with Crippen LogP contribution >= 0.6 is 11.6 Å². The zero-order valence-corrected chi connectivity index (χ0v) is 21.3. The summed E-state index contributed by atoms with van der Waals surface area (Å²) >= 11 is 6.08. The molecule has 1 saturated carbocycles. The normalized spacial score (nSPS) is 37.4. The number of benzene rings is 1. The molecule has 1 aromatic carbocycles. The van der Waals surface area contributed by atoms with Gasteiger partial charge < -0.3 is 20.3 Å². The highest BCUT2D eigenvalue weighted by Crippen LogP contribution is 2.55. The van der Waals surface area contributed by atoms with Gasteiger partial charge in [-0.15, -0.1) is 0 Å². The van der Waals surface area contributed by atoms with Crippen LogP contribution in [-0.2, 0) is 19.1 Å². The SMILES string of the molecule is CCCN1C(=O)[C@@H]2C(C(=O)Nc3cccc(Cl)c3)[C@@H]3C=CC2(O3)C1C(=O)NC1CCCC(C)C1C. The zero-order chi connectivity index (χ0) is 24.9. The Labute approximate surface area is 211 Å².